The summed E-state index contributed by atoms with van der Waals surface area (Å²) >= 11 is 4.78. The molecule has 2 heterocycles. The Kier molecular flexibility index (Phi) is 6.36. The van der Waals surface area contributed by atoms with Gasteiger partial charge in [0.05, 0.1) is 0 Å². The SMILES string of the molecule is BC1CNCC(CP(=C)(N(C)C)N2CC(C)CC(S)C2)C1. The second kappa shape index (κ2) is 7.44. The molecular formula is C15H33BN3PS. The number of piperidine rings is 2. The van der Waals surface area contributed by atoms with Crippen LogP contribution in [0.5, 0.6) is 0 Å². The van der Waals surface area contributed by atoms with Gasteiger partial charge in [-0.2, -0.15) is 12.6 Å². The summed E-state index contributed by atoms with van der Waals surface area (Å²) in [5.41, 5.74) is 0. The van der Waals surface area contributed by atoms with Gasteiger partial charge in [-0.15, -0.1) is 0 Å². The van der Waals surface area contributed by atoms with Crippen molar-refractivity contribution in [2.24, 2.45) is 11.8 Å². The molecule has 6 heteroatoms. The minimum atomic E-state index is -1.46. The predicted octanol–water partition coefficient (Wildman–Crippen LogP) is 1.50. The number of nitrogens with one attached hydrogen (secondary N) is 1. The minimum absolute atomic E-state index is 0.512. The maximum atomic E-state index is 4.78. The van der Waals surface area contributed by atoms with E-state index in [0.29, 0.717) is 5.25 Å². The van der Waals surface area contributed by atoms with Crippen molar-refractivity contribution < 1.29 is 0 Å². The second-order valence-electron chi connectivity index (χ2n) is 7.64. The molecule has 0 aromatic carbocycles. The van der Waals surface area contributed by atoms with Crippen molar-refractivity contribution in [1.29, 1.82) is 0 Å². The van der Waals surface area contributed by atoms with Crippen LogP contribution in [0.1, 0.15) is 19.8 Å². The molecule has 0 saturated carbocycles. The molecule has 0 aromatic heterocycles. The normalized spacial score (nSPS) is 38.3. The summed E-state index contributed by atoms with van der Waals surface area (Å²) < 4.78 is 5.13. The molecule has 2 aliphatic heterocycles. The van der Waals surface area contributed by atoms with E-state index in [4.69, 9.17) is 18.9 Å². The number of thiol groups is 1. The topological polar surface area (TPSA) is 18.5 Å². The Morgan fingerprint density at radius 1 is 1.33 bits per heavy atom. The highest BCUT2D eigenvalue weighted by molar-refractivity contribution is 7.81. The molecule has 0 aromatic rings. The summed E-state index contributed by atoms with van der Waals surface area (Å²) in [6, 6.07) is 0. The molecule has 0 aliphatic carbocycles. The van der Waals surface area contributed by atoms with Crippen LogP contribution in [0.4, 0.5) is 0 Å². The highest BCUT2D eigenvalue weighted by Gasteiger charge is 2.34. The third-order valence-corrected chi connectivity index (χ3v) is 9.45. The van der Waals surface area contributed by atoms with E-state index < -0.39 is 7.19 Å². The monoisotopic (exact) mass is 329 g/mol. The van der Waals surface area contributed by atoms with E-state index in [-0.39, 0.29) is 0 Å². The molecule has 5 atom stereocenters. The van der Waals surface area contributed by atoms with Gasteiger partial charge in [-0.25, -0.2) is 0 Å². The molecule has 0 amide bonds. The van der Waals surface area contributed by atoms with Gasteiger partial charge in [0.15, 0.2) is 0 Å². The summed E-state index contributed by atoms with van der Waals surface area (Å²) in [5.74, 6) is 2.32. The largest absolute Gasteiger partial charge is 0.317 e. The fraction of sp³-hybridized carbons (Fsp3) is 0.933. The van der Waals surface area contributed by atoms with Gasteiger partial charge in [0.2, 0.25) is 0 Å². The van der Waals surface area contributed by atoms with Crippen molar-refractivity contribution in [1.82, 2.24) is 14.7 Å². The standard InChI is InChI=1S/C15H33BN3PS/c1-12-5-15(21)10-19(9-12)20(4,18(2)3)11-13-6-14(16)8-17-7-13/h12-15,17,21H,4-11,16H2,1-3H3. The van der Waals surface area contributed by atoms with Gasteiger partial charge in [0.25, 0.3) is 0 Å². The first-order valence-corrected chi connectivity index (χ1v) is 10.9. The van der Waals surface area contributed by atoms with Crippen molar-refractivity contribution in [3.8, 4) is 0 Å². The van der Waals surface area contributed by atoms with Crippen LogP contribution < -0.4 is 5.32 Å². The van der Waals surface area contributed by atoms with Crippen LogP contribution in [0.25, 0.3) is 0 Å². The lowest BCUT2D eigenvalue weighted by Crippen LogP contribution is -2.44. The van der Waals surface area contributed by atoms with Crippen LogP contribution in [0.3, 0.4) is 0 Å². The molecule has 5 unspecified atom stereocenters. The van der Waals surface area contributed by atoms with Crippen LogP contribution >= 0.6 is 19.8 Å². The van der Waals surface area contributed by atoms with E-state index in [1.54, 1.807) is 0 Å². The summed E-state index contributed by atoms with van der Waals surface area (Å²) in [4.78, 5) is 0. The molecular weight excluding hydrogens is 296 g/mol. The van der Waals surface area contributed by atoms with Gasteiger partial charge in [-0.3, -0.25) is 9.34 Å². The van der Waals surface area contributed by atoms with Gasteiger partial charge in [0, 0.05) is 25.5 Å². The van der Waals surface area contributed by atoms with Gasteiger partial charge < -0.3 is 5.32 Å². The molecule has 2 saturated heterocycles. The number of rotatable bonds is 4. The second-order valence-corrected chi connectivity index (χ2v) is 11.9. The van der Waals surface area contributed by atoms with Crippen molar-refractivity contribution in [2.75, 3.05) is 46.4 Å². The summed E-state index contributed by atoms with van der Waals surface area (Å²) in [6.07, 6.45) is 8.63. The van der Waals surface area contributed by atoms with Gasteiger partial charge in [-0.1, -0.05) is 25.5 Å². The van der Waals surface area contributed by atoms with Gasteiger partial charge in [0.1, 0.15) is 7.85 Å². The van der Waals surface area contributed by atoms with Crippen LogP contribution in [0.15, 0.2) is 0 Å². The summed E-state index contributed by atoms with van der Waals surface area (Å²) in [5, 5.41) is 4.12. The number of hydrogen-bond acceptors (Lipinski definition) is 4. The molecule has 21 heavy (non-hydrogen) atoms. The van der Waals surface area contributed by atoms with Crippen LogP contribution in [0.2, 0.25) is 5.82 Å². The summed E-state index contributed by atoms with van der Waals surface area (Å²) in [6.45, 7) is 7.02. The molecule has 3 nitrogen and oxygen atoms in total. The maximum absolute atomic E-state index is 4.78. The van der Waals surface area contributed by atoms with E-state index in [9.17, 15) is 0 Å². The van der Waals surface area contributed by atoms with Crippen LogP contribution in [-0.2, 0) is 0 Å². The average Bonchev–Trinajstić information content (AvgIpc) is 2.37. The van der Waals surface area contributed by atoms with Crippen molar-refractivity contribution in [2.45, 2.75) is 30.8 Å². The van der Waals surface area contributed by atoms with Crippen LogP contribution in [-0.4, -0.2) is 75.2 Å². The minimum Gasteiger partial charge on any atom is -0.317 e. The molecule has 122 valence electrons. The molecule has 2 rings (SSSR count). The molecule has 1 N–H and O–H groups in total. The Labute approximate surface area is 138 Å². The maximum Gasteiger partial charge on any atom is 0.107 e. The van der Waals surface area contributed by atoms with E-state index in [2.05, 4.69) is 43.5 Å². The summed E-state index contributed by atoms with van der Waals surface area (Å²) in [7, 11) is 5.37. The predicted molar refractivity (Wildman–Crippen MR) is 104 cm³/mol. The molecule has 0 bridgehead atoms. The Balaban J connectivity index is 2.10. The molecule has 2 aliphatic rings. The average molecular weight is 329 g/mol. The highest BCUT2D eigenvalue weighted by Crippen LogP contribution is 2.54. The zero-order valence-electron chi connectivity index (χ0n) is 14.3. The third-order valence-electron chi connectivity index (χ3n) is 5.10. The number of hydrogen-bond donors (Lipinski definition) is 2. The first kappa shape index (κ1) is 17.9. The fourth-order valence-electron chi connectivity index (χ4n) is 3.95. The zero-order chi connectivity index (χ0) is 15.6. The van der Waals surface area contributed by atoms with Gasteiger partial charge in [-0.05, 0) is 51.6 Å². The first-order valence-electron chi connectivity index (χ1n) is 8.35. The molecule has 0 spiro atoms. The lowest BCUT2D eigenvalue weighted by molar-refractivity contribution is 0.287. The van der Waals surface area contributed by atoms with Gasteiger partial charge >= 0.3 is 0 Å². The zero-order valence-corrected chi connectivity index (χ0v) is 16.0. The van der Waals surface area contributed by atoms with E-state index in [0.717, 1.165) is 24.2 Å². The van der Waals surface area contributed by atoms with Crippen molar-refractivity contribution in [3.63, 3.8) is 0 Å². The first-order chi connectivity index (χ1) is 9.81. The van der Waals surface area contributed by atoms with Crippen molar-refractivity contribution >= 4 is 34.0 Å². The van der Waals surface area contributed by atoms with Crippen LogP contribution in [0, 0.1) is 11.8 Å². The fourth-order valence-corrected chi connectivity index (χ4v) is 7.89. The third kappa shape index (κ3) is 4.54. The number of nitrogens with zero attached hydrogens (tertiary/aromatic N) is 2. The lowest BCUT2D eigenvalue weighted by Gasteiger charge is -2.48. The molecule has 0 radical (unpaired) electrons. The van der Waals surface area contributed by atoms with Crippen molar-refractivity contribution in [3.05, 3.63) is 0 Å². The Hall–Kier alpha value is 0.595. The quantitative estimate of drug-likeness (QED) is 0.463. The van der Waals surface area contributed by atoms with E-state index in [1.807, 2.05) is 0 Å². The highest BCUT2D eigenvalue weighted by atomic mass is 32.1. The Morgan fingerprint density at radius 3 is 2.62 bits per heavy atom. The molecule has 2 fully saturated rings. The Morgan fingerprint density at radius 2 is 2.05 bits per heavy atom. The Bertz CT molecular complexity index is 383. The smallest absolute Gasteiger partial charge is 0.107 e. The lowest BCUT2D eigenvalue weighted by atomic mass is 9.78. The van der Waals surface area contributed by atoms with E-state index in [1.165, 1.54) is 38.6 Å². The van der Waals surface area contributed by atoms with E-state index >= 15 is 0 Å².